The Balaban J connectivity index is 0.00000242. The molecule has 0 aliphatic carbocycles. The molecule has 1 aliphatic rings. The average Bonchev–Trinajstić information content (AvgIpc) is 2.45. The van der Waals surface area contributed by atoms with Crippen molar-refractivity contribution in [2.24, 2.45) is 0 Å². The quantitative estimate of drug-likeness (QED) is 0.647. The van der Waals surface area contributed by atoms with Crippen molar-refractivity contribution in [3.05, 3.63) is 39.9 Å². The number of hydrogen-bond acceptors (Lipinski definition) is 4. The van der Waals surface area contributed by atoms with Gasteiger partial charge in [-0.15, -0.1) is 24.8 Å². The van der Waals surface area contributed by atoms with Crippen molar-refractivity contribution in [2.45, 2.75) is 18.6 Å². The van der Waals surface area contributed by atoms with Crippen LogP contribution in [0.15, 0.2) is 24.3 Å². The van der Waals surface area contributed by atoms with Crippen LogP contribution in [0.25, 0.3) is 0 Å². The van der Waals surface area contributed by atoms with E-state index in [0.29, 0.717) is 31.7 Å². The summed E-state index contributed by atoms with van der Waals surface area (Å²) in [5.74, 6) is 0. The number of nitrogens with one attached hydrogen (secondary N) is 1. The van der Waals surface area contributed by atoms with Crippen molar-refractivity contribution >= 4 is 30.5 Å². The summed E-state index contributed by atoms with van der Waals surface area (Å²) < 4.78 is 38.4. The number of non-ortho nitro benzene ring substituents is 1. The molecule has 1 aromatic rings. The van der Waals surface area contributed by atoms with Crippen LogP contribution in [-0.4, -0.2) is 42.2 Å². The Kier molecular flexibility index (Phi) is 8.83. The highest BCUT2D eigenvalue weighted by Gasteiger charge is 2.36. The van der Waals surface area contributed by atoms with E-state index in [-0.39, 0.29) is 30.5 Å². The van der Waals surface area contributed by atoms with Crippen LogP contribution < -0.4 is 5.32 Å². The smallest absolute Gasteiger partial charge is 0.314 e. The summed E-state index contributed by atoms with van der Waals surface area (Å²) in [6.45, 7) is 2.33. The van der Waals surface area contributed by atoms with Crippen molar-refractivity contribution in [2.75, 3.05) is 26.2 Å². The molecule has 0 bridgehead atoms. The molecule has 1 atom stereocenters. The lowest BCUT2D eigenvalue weighted by atomic mass is 10.0. The summed E-state index contributed by atoms with van der Waals surface area (Å²) in [7, 11) is 0. The van der Waals surface area contributed by atoms with Crippen LogP contribution in [0.3, 0.4) is 0 Å². The summed E-state index contributed by atoms with van der Waals surface area (Å²) in [4.78, 5) is 11.8. The van der Waals surface area contributed by atoms with Gasteiger partial charge in [-0.1, -0.05) is 12.1 Å². The van der Waals surface area contributed by atoms with Crippen LogP contribution in [-0.2, 0) is 0 Å². The van der Waals surface area contributed by atoms with Gasteiger partial charge in [-0.25, -0.2) is 0 Å². The summed E-state index contributed by atoms with van der Waals surface area (Å²) in [6.07, 6.45) is -5.23. The fourth-order valence-electron chi connectivity index (χ4n) is 2.49. The minimum atomic E-state index is -4.28. The van der Waals surface area contributed by atoms with Crippen molar-refractivity contribution in [1.29, 1.82) is 0 Å². The first-order chi connectivity index (χ1) is 9.87. The van der Waals surface area contributed by atoms with E-state index in [1.54, 1.807) is 4.90 Å². The molecule has 2 rings (SSSR count). The lowest BCUT2D eigenvalue weighted by Crippen LogP contribution is -2.46. The Morgan fingerprint density at radius 2 is 1.70 bits per heavy atom. The first-order valence-corrected chi connectivity index (χ1v) is 6.63. The predicted octanol–water partition coefficient (Wildman–Crippen LogP) is 3.34. The van der Waals surface area contributed by atoms with E-state index in [1.807, 2.05) is 0 Å². The molecule has 1 N–H and O–H groups in total. The second-order valence-electron chi connectivity index (χ2n) is 4.97. The van der Waals surface area contributed by atoms with Crippen LogP contribution in [0.5, 0.6) is 0 Å². The molecule has 0 spiro atoms. The zero-order chi connectivity index (χ0) is 15.5. The first kappa shape index (κ1) is 21.9. The molecule has 0 aromatic heterocycles. The van der Waals surface area contributed by atoms with Crippen molar-refractivity contribution in [3.8, 4) is 0 Å². The number of alkyl halides is 3. The molecule has 1 heterocycles. The number of halogens is 5. The van der Waals surface area contributed by atoms with Crippen LogP contribution in [0.2, 0.25) is 0 Å². The maximum Gasteiger partial charge on any atom is 0.390 e. The fraction of sp³-hybridized carbons (Fsp3) is 0.538. The zero-order valence-corrected chi connectivity index (χ0v) is 13.7. The SMILES string of the molecule is Cl.Cl.O=[N+]([O-])c1ccc([C@@H](CC(F)(F)F)N2CCNCC2)cc1. The molecule has 23 heavy (non-hydrogen) atoms. The van der Waals surface area contributed by atoms with Gasteiger partial charge in [-0.05, 0) is 5.56 Å². The Morgan fingerprint density at radius 3 is 2.13 bits per heavy atom. The Bertz CT molecular complexity index is 494. The standard InChI is InChI=1S/C13H16F3N3O2.2ClH/c14-13(15,16)9-12(18-7-5-17-6-8-18)10-1-3-11(4-2-10)19(20)21;;/h1-4,12,17H,5-9H2;2*1H/t12-;;/m1../s1. The molecule has 0 amide bonds. The van der Waals surface area contributed by atoms with E-state index in [0.717, 1.165) is 0 Å². The van der Waals surface area contributed by atoms with Gasteiger partial charge >= 0.3 is 6.18 Å². The van der Waals surface area contributed by atoms with Gasteiger partial charge < -0.3 is 5.32 Å². The Labute approximate surface area is 144 Å². The second kappa shape index (κ2) is 9.27. The van der Waals surface area contributed by atoms with E-state index in [1.165, 1.54) is 24.3 Å². The summed E-state index contributed by atoms with van der Waals surface area (Å²) in [5.41, 5.74) is 0.338. The van der Waals surface area contributed by atoms with Gasteiger partial charge in [0, 0.05) is 44.4 Å². The molecule has 1 aliphatic heterocycles. The van der Waals surface area contributed by atoms with Gasteiger partial charge in [0.2, 0.25) is 0 Å². The zero-order valence-electron chi connectivity index (χ0n) is 12.1. The van der Waals surface area contributed by atoms with Gasteiger partial charge in [-0.2, -0.15) is 13.2 Å². The number of benzene rings is 1. The van der Waals surface area contributed by atoms with Crippen LogP contribution in [0.4, 0.5) is 18.9 Å². The van der Waals surface area contributed by atoms with Gasteiger partial charge in [0.05, 0.1) is 11.3 Å². The maximum absolute atomic E-state index is 12.8. The molecule has 1 fully saturated rings. The third-order valence-electron chi connectivity index (χ3n) is 3.51. The minimum Gasteiger partial charge on any atom is -0.314 e. The molecule has 5 nitrogen and oxygen atoms in total. The monoisotopic (exact) mass is 375 g/mol. The average molecular weight is 376 g/mol. The topological polar surface area (TPSA) is 58.4 Å². The minimum absolute atomic E-state index is 0. The largest absolute Gasteiger partial charge is 0.390 e. The van der Waals surface area contributed by atoms with E-state index in [2.05, 4.69) is 5.32 Å². The molecule has 0 radical (unpaired) electrons. The number of nitro groups is 1. The normalized spacial score (nSPS) is 16.8. The molecule has 0 unspecified atom stereocenters. The molecule has 1 saturated heterocycles. The van der Waals surface area contributed by atoms with Crippen LogP contribution in [0.1, 0.15) is 18.0 Å². The maximum atomic E-state index is 12.8. The van der Waals surface area contributed by atoms with Crippen molar-refractivity contribution < 1.29 is 18.1 Å². The highest BCUT2D eigenvalue weighted by molar-refractivity contribution is 5.85. The van der Waals surface area contributed by atoms with Crippen molar-refractivity contribution in [3.63, 3.8) is 0 Å². The van der Waals surface area contributed by atoms with Crippen LogP contribution >= 0.6 is 24.8 Å². The van der Waals surface area contributed by atoms with Gasteiger partial charge in [0.25, 0.3) is 5.69 Å². The summed E-state index contributed by atoms with van der Waals surface area (Å²) >= 11 is 0. The Hall–Kier alpha value is -1.09. The molecule has 1 aromatic carbocycles. The van der Waals surface area contributed by atoms with E-state index in [9.17, 15) is 23.3 Å². The highest BCUT2D eigenvalue weighted by Crippen LogP contribution is 2.34. The Morgan fingerprint density at radius 1 is 1.17 bits per heavy atom. The number of hydrogen-bond donors (Lipinski definition) is 1. The summed E-state index contributed by atoms with van der Waals surface area (Å²) in [6, 6.07) is 4.53. The molecular weight excluding hydrogens is 358 g/mol. The first-order valence-electron chi connectivity index (χ1n) is 6.63. The van der Waals surface area contributed by atoms with E-state index < -0.39 is 23.6 Å². The number of rotatable bonds is 4. The lowest BCUT2D eigenvalue weighted by Gasteiger charge is -2.35. The number of nitro benzene ring substituents is 1. The fourth-order valence-corrected chi connectivity index (χ4v) is 2.49. The van der Waals surface area contributed by atoms with E-state index in [4.69, 9.17) is 0 Å². The third kappa shape index (κ3) is 6.50. The third-order valence-corrected chi connectivity index (χ3v) is 3.51. The molecule has 132 valence electrons. The lowest BCUT2D eigenvalue weighted by molar-refractivity contribution is -0.384. The predicted molar refractivity (Wildman–Crippen MR) is 85.4 cm³/mol. The second-order valence-corrected chi connectivity index (χ2v) is 4.97. The molecular formula is C13H18Cl2F3N3O2. The van der Waals surface area contributed by atoms with Gasteiger partial charge in [0.1, 0.15) is 0 Å². The van der Waals surface area contributed by atoms with Crippen molar-refractivity contribution in [1.82, 2.24) is 10.2 Å². The van der Waals surface area contributed by atoms with Gasteiger partial charge in [0.15, 0.2) is 0 Å². The molecule has 0 saturated carbocycles. The summed E-state index contributed by atoms with van der Waals surface area (Å²) in [5, 5.41) is 13.7. The number of nitrogens with zero attached hydrogens (tertiary/aromatic N) is 2. The molecule has 10 heteroatoms. The van der Waals surface area contributed by atoms with Crippen LogP contribution in [0, 0.1) is 10.1 Å². The van der Waals surface area contributed by atoms with E-state index >= 15 is 0 Å². The number of piperazine rings is 1. The highest BCUT2D eigenvalue weighted by atomic mass is 35.5. The van der Waals surface area contributed by atoms with Gasteiger partial charge in [-0.3, -0.25) is 15.0 Å².